The highest BCUT2D eigenvalue weighted by atomic mass is 35.5. The van der Waals surface area contributed by atoms with Crippen LogP contribution in [-0.2, 0) is 0 Å². The molecule has 5 heteroatoms. The molecule has 4 nitrogen and oxygen atoms in total. The highest BCUT2D eigenvalue weighted by Gasteiger charge is 2.24. The Hall–Kier alpha value is -1.39. The second kappa shape index (κ2) is 5.31. The topological polar surface area (TPSA) is 64.9 Å². The van der Waals surface area contributed by atoms with Gasteiger partial charge in [-0.15, -0.1) is 10.2 Å². The molecule has 1 aromatic carbocycles. The predicted octanol–water partition coefficient (Wildman–Crippen LogP) is 3.37. The predicted molar refractivity (Wildman–Crippen MR) is 73.9 cm³/mol. The maximum absolute atomic E-state index is 5.91. The van der Waals surface area contributed by atoms with Crippen LogP contribution in [0.1, 0.15) is 37.5 Å². The zero-order chi connectivity index (χ0) is 13.2. The van der Waals surface area contributed by atoms with E-state index in [1.54, 1.807) is 0 Å². The average molecular weight is 278 g/mol. The van der Waals surface area contributed by atoms with Gasteiger partial charge in [0.05, 0.1) is 0 Å². The summed E-state index contributed by atoms with van der Waals surface area (Å²) in [7, 11) is 0. The number of nitrogens with zero attached hydrogens (tertiary/aromatic N) is 2. The first-order valence-corrected chi connectivity index (χ1v) is 6.95. The molecule has 1 heterocycles. The zero-order valence-electron chi connectivity index (χ0n) is 10.6. The number of nitrogens with two attached hydrogens (primary N) is 1. The normalized spacial score (nSPS) is 23.5. The van der Waals surface area contributed by atoms with E-state index in [0.717, 1.165) is 37.1 Å². The molecule has 1 aliphatic carbocycles. The summed E-state index contributed by atoms with van der Waals surface area (Å²) in [5.74, 6) is 1.65. The molecule has 0 radical (unpaired) electrons. The van der Waals surface area contributed by atoms with E-state index in [4.69, 9.17) is 21.8 Å². The van der Waals surface area contributed by atoms with Crippen LogP contribution in [0.3, 0.4) is 0 Å². The van der Waals surface area contributed by atoms with Crippen molar-refractivity contribution in [2.45, 2.75) is 37.6 Å². The first-order valence-electron chi connectivity index (χ1n) is 6.57. The molecule has 0 aliphatic heterocycles. The molecule has 1 aromatic heterocycles. The molecule has 100 valence electrons. The summed E-state index contributed by atoms with van der Waals surface area (Å²) in [4.78, 5) is 0. The Kier molecular flexibility index (Phi) is 3.53. The van der Waals surface area contributed by atoms with Crippen LogP contribution in [0, 0.1) is 0 Å². The van der Waals surface area contributed by atoms with E-state index in [1.165, 1.54) is 0 Å². The molecule has 0 saturated heterocycles. The van der Waals surface area contributed by atoms with Gasteiger partial charge in [0, 0.05) is 22.5 Å². The van der Waals surface area contributed by atoms with Crippen LogP contribution in [0.25, 0.3) is 11.5 Å². The average Bonchev–Trinajstić information content (AvgIpc) is 2.90. The molecule has 19 heavy (non-hydrogen) atoms. The minimum absolute atomic E-state index is 0.329. The summed E-state index contributed by atoms with van der Waals surface area (Å²) in [6.45, 7) is 0. The molecule has 3 rings (SSSR count). The lowest BCUT2D eigenvalue weighted by Gasteiger charge is -2.23. The van der Waals surface area contributed by atoms with Crippen molar-refractivity contribution in [3.8, 4) is 11.5 Å². The highest BCUT2D eigenvalue weighted by Crippen LogP contribution is 2.32. The Morgan fingerprint density at radius 3 is 2.42 bits per heavy atom. The van der Waals surface area contributed by atoms with Crippen LogP contribution in [-0.4, -0.2) is 16.2 Å². The van der Waals surface area contributed by atoms with Crippen LogP contribution in [0.15, 0.2) is 28.7 Å². The zero-order valence-corrected chi connectivity index (χ0v) is 11.3. The van der Waals surface area contributed by atoms with Crippen LogP contribution < -0.4 is 5.73 Å². The van der Waals surface area contributed by atoms with Gasteiger partial charge in [0.25, 0.3) is 0 Å². The van der Waals surface area contributed by atoms with Gasteiger partial charge in [0.2, 0.25) is 11.8 Å². The molecular formula is C14H16ClN3O. The van der Waals surface area contributed by atoms with Gasteiger partial charge in [0.15, 0.2) is 0 Å². The van der Waals surface area contributed by atoms with Crippen molar-refractivity contribution in [1.82, 2.24) is 10.2 Å². The fraction of sp³-hybridized carbons (Fsp3) is 0.429. The molecule has 0 bridgehead atoms. The number of halogens is 1. The third-order valence-corrected chi connectivity index (χ3v) is 3.90. The van der Waals surface area contributed by atoms with Crippen molar-refractivity contribution < 1.29 is 4.42 Å². The van der Waals surface area contributed by atoms with E-state index >= 15 is 0 Å². The number of benzene rings is 1. The van der Waals surface area contributed by atoms with E-state index in [-0.39, 0.29) is 0 Å². The van der Waals surface area contributed by atoms with Crippen LogP contribution in [0.5, 0.6) is 0 Å². The Balaban J connectivity index is 1.77. The van der Waals surface area contributed by atoms with Crippen LogP contribution >= 0.6 is 11.6 Å². The van der Waals surface area contributed by atoms with Gasteiger partial charge in [0.1, 0.15) is 0 Å². The second-order valence-electron chi connectivity index (χ2n) is 5.06. The van der Waals surface area contributed by atoms with Crippen LogP contribution in [0.4, 0.5) is 0 Å². The Bertz CT molecular complexity index is 544. The van der Waals surface area contributed by atoms with E-state index in [1.807, 2.05) is 24.3 Å². The number of rotatable bonds is 2. The number of hydrogen-bond acceptors (Lipinski definition) is 4. The molecule has 2 N–H and O–H groups in total. The van der Waals surface area contributed by atoms with Crippen molar-refractivity contribution in [2.24, 2.45) is 5.73 Å². The van der Waals surface area contributed by atoms with Gasteiger partial charge in [-0.2, -0.15) is 0 Å². The fourth-order valence-electron chi connectivity index (χ4n) is 2.47. The van der Waals surface area contributed by atoms with E-state index in [9.17, 15) is 0 Å². The lowest BCUT2D eigenvalue weighted by atomic mass is 9.86. The van der Waals surface area contributed by atoms with Gasteiger partial charge >= 0.3 is 0 Å². The van der Waals surface area contributed by atoms with Crippen LogP contribution in [0.2, 0.25) is 5.02 Å². The molecule has 1 saturated carbocycles. The van der Waals surface area contributed by atoms with E-state index < -0.39 is 0 Å². The minimum Gasteiger partial charge on any atom is -0.420 e. The largest absolute Gasteiger partial charge is 0.420 e. The van der Waals surface area contributed by atoms with Gasteiger partial charge < -0.3 is 10.2 Å². The highest BCUT2D eigenvalue weighted by molar-refractivity contribution is 6.30. The maximum Gasteiger partial charge on any atom is 0.247 e. The second-order valence-corrected chi connectivity index (χ2v) is 5.50. The molecule has 1 fully saturated rings. The monoisotopic (exact) mass is 277 g/mol. The Labute approximate surface area is 117 Å². The number of hydrogen-bond donors (Lipinski definition) is 1. The third-order valence-electron chi connectivity index (χ3n) is 3.65. The van der Waals surface area contributed by atoms with Crippen molar-refractivity contribution in [3.05, 3.63) is 35.2 Å². The molecule has 2 aromatic rings. The molecule has 1 aliphatic rings. The standard InChI is InChI=1S/C14H16ClN3O/c15-11-5-1-9(2-6-11)13-17-18-14(19-13)10-3-7-12(16)8-4-10/h1-2,5-6,10,12H,3-4,7-8,16H2/t10-,12-. The van der Waals surface area contributed by atoms with Crippen molar-refractivity contribution in [1.29, 1.82) is 0 Å². The van der Waals surface area contributed by atoms with Gasteiger partial charge in [-0.25, -0.2) is 0 Å². The lowest BCUT2D eigenvalue weighted by Crippen LogP contribution is -2.25. The summed E-state index contributed by atoms with van der Waals surface area (Å²) in [6, 6.07) is 7.74. The van der Waals surface area contributed by atoms with Crippen molar-refractivity contribution >= 4 is 11.6 Å². The first kappa shape index (κ1) is 12.6. The van der Waals surface area contributed by atoms with Crippen molar-refractivity contribution in [2.75, 3.05) is 0 Å². The minimum atomic E-state index is 0.329. The maximum atomic E-state index is 5.91. The Morgan fingerprint density at radius 2 is 1.74 bits per heavy atom. The first-order chi connectivity index (χ1) is 9.22. The third kappa shape index (κ3) is 2.80. The summed E-state index contributed by atoms with van der Waals surface area (Å²) >= 11 is 5.86. The van der Waals surface area contributed by atoms with Crippen molar-refractivity contribution in [3.63, 3.8) is 0 Å². The molecule has 0 atom stereocenters. The molecule has 0 amide bonds. The quantitative estimate of drug-likeness (QED) is 0.914. The summed E-state index contributed by atoms with van der Waals surface area (Å²) in [6.07, 6.45) is 4.12. The fourth-order valence-corrected chi connectivity index (χ4v) is 2.60. The summed E-state index contributed by atoms with van der Waals surface area (Å²) in [5, 5.41) is 8.99. The molecular weight excluding hydrogens is 262 g/mol. The molecule has 0 spiro atoms. The van der Waals surface area contributed by atoms with E-state index in [0.29, 0.717) is 22.9 Å². The van der Waals surface area contributed by atoms with Gasteiger partial charge in [-0.1, -0.05) is 11.6 Å². The smallest absolute Gasteiger partial charge is 0.247 e. The summed E-state index contributed by atoms with van der Waals surface area (Å²) < 4.78 is 5.78. The molecule has 0 unspecified atom stereocenters. The number of aromatic nitrogens is 2. The van der Waals surface area contributed by atoms with Gasteiger partial charge in [-0.3, -0.25) is 0 Å². The van der Waals surface area contributed by atoms with Gasteiger partial charge in [-0.05, 0) is 49.9 Å². The summed E-state index contributed by atoms with van der Waals surface area (Å²) in [5.41, 5.74) is 6.81. The van der Waals surface area contributed by atoms with E-state index in [2.05, 4.69) is 10.2 Å². The lowest BCUT2D eigenvalue weighted by molar-refractivity contribution is 0.341. The SMILES string of the molecule is N[C@H]1CC[C@H](c2nnc(-c3ccc(Cl)cc3)o2)CC1. The Morgan fingerprint density at radius 1 is 1.05 bits per heavy atom.